The Morgan fingerprint density at radius 3 is 2.58 bits per heavy atom. The first-order valence-electron chi connectivity index (χ1n) is 13.2. The highest BCUT2D eigenvalue weighted by Crippen LogP contribution is 2.38. The summed E-state index contributed by atoms with van der Waals surface area (Å²) in [6, 6.07) is 12.9. The quantitative estimate of drug-likeness (QED) is 0.228. The summed E-state index contributed by atoms with van der Waals surface area (Å²) in [5, 5.41) is 4.28. The molecule has 0 atom stereocenters. The third-order valence-corrected chi connectivity index (χ3v) is 9.08. The van der Waals surface area contributed by atoms with Gasteiger partial charge in [0.2, 0.25) is 5.95 Å². The monoisotopic (exact) mass is 583 g/mol. The summed E-state index contributed by atoms with van der Waals surface area (Å²) in [5.41, 5.74) is 8.74. The fourth-order valence-corrected chi connectivity index (χ4v) is 6.63. The molecule has 210 valence electrons. The molecular weight excluding hydrogens is 553 g/mol. The molecule has 1 heterocycles. The highest BCUT2D eigenvalue weighted by molar-refractivity contribution is 7.92. The fraction of sp³-hybridized carbons (Fsp3) is 0.310. The van der Waals surface area contributed by atoms with E-state index in [-0.39, 0.29) is 21.6 Å². The van der Waals surface area contributed by atoms with Gasteiger partial charge in [0.15, 0.2) is 0 Å². The lowest BCUT2D eigenvalue weighted by Gasteiger charge is -2.26. The first-order valence-corrected chi connectivity index (χ1v) is 15.0. The van der Waals surface area contributed by atoms with Crippen molar-refractivity contribution >= 4 is 44.2 Å². The largest absolute Gasteiger partial charge is 0.496 e. The van der Waals surface area contributed by atoms with E-state index >= 15 is 4.39 Å². The van der Waals surface area contributed by atoms with Crippen molar-refractivity contribution in [2.24, 2.45) is 5.73 Å². The summed E-state index contributed by atoms with van der Waals surface area (Å²) in [4.78, 5) is 9.18. The number of hydrogen-bond donors (Lipinski definition) is 3. The smallest absolute Gasteiger partial charge is 0.263 e. The van der Waals surface area contributed by atoms with Gasteiger partial charge in [0.25, 0.3) is 10.0 Å². The van der Waals surface area contributed by atoms with Crippen LogP contribution in [0.25, 0.3) is 22.0 Å². The van der Waals surface area contributed by atoms with Crippen molar-refractivity contribution in [2.45, 2.75) is 56.0 Å². The van der Waals surface area contributed by atoms with Crippen molar-refractivity contribution in [3.63, 3.8) is 0 Å². The zero-order valence-corrected chi connectivity index (χ0v) is 23.8. The summed E-state index contributed by atoms with van der Waals surface area (Å²) in [5.74, 6) is 0.121. The maximum Gasteiger partial charge on any atom is 0.263 e. The van der Waals surface area contributed by atoms with Crippen molar-refractivity contribution in [3.8, 4) is 16.9 Å². The lowest BCUT2D eigenvalue weighted by molar-refractivity contribution is 0.410. The van der Waals surface area contributed by atoms with Crippen LogP contribution < -0.4 is 20.5 Å². The minimum absolute atomic E-state index is 0.0331. The Bertz CT molecular complexity index is 1660. The number of anilines is 2. The number of halogens is 2. The number of ether oxygens (including phenoxy) is 1. The minimum atomic E-state index is -4.13. The average Bonchev–Trinajstić information content (AvgIpc) is 2.94. The van der Waals surface area contributed by atoms with Gasteiger partial charge in [0.1, 0.15) is 16.5 Å². The number of nitrogens with one attached hydrogen (secondary N) is 2. The van der Waals surface area contributed by atoms with E-state index in [1.807, 2.05) is 19.1 Å². The van der Waals surface area contributed by atoms with E-state index in [0.717, 1.165) is 42.1 Å². The van der Waals surface area contributed by atoms with Crippen LogP contribution in [0.15, 0.2) is 59.6 Å². The standard InChI is InChI=1S/C29H31ClFN5O3S/c1-3-17-12-18(13-19-16-33-29(35-28(17)19)34-21-10-8-20(32)9-11-21)22-14-24(31)25(15-26(22)39-2)36-40(37,38)27-7-5-4-6-23(27)30/h4-7,12-16,20-21,36H,3,8-11,32H2,1-2H3,(H,33,34,35)/t20-,21-. The van der Waals surface area contributed by atoms with Crippen LogP contribution in [0, 0.1) is 5.82 Å². The van der Waals surface area contributed by atoms with E-state index < -0.39 is 15.8 Å². The van der Waals surface area contributed by atoms with E-state index in [1.54, 1.807) is 18.3 Å². The molecule has 0 unspecified atom stereocenters. The van der Waals surface area contributed by atoms with Crippen molar-refractivity contribution in [2.75, 3.05) is 17.1 Å². The molecule has 5 rings (SSSR count). The van der Waals surface area contributed by atoms with Gasteiger partial charge < -0.3 is 15.8 Å². The SMILES string of the molecule is CCc1cc(-c2cc(F)c(NS(=O)(=O)c3ccccc3Cl)cc2OC)cc2cnc(N[C@H]3CC[C@H](N)CC3)nc12. The molecule has 0 radical (unpaired) electrons. The molecule has 0 saturated heterocycles. The summed E-state index contributed by atoms with van der Waals surface area (Å²) >= 11 is 6.06. The van der Waals surface area contributed by atoms with Gasteiger partial charge in [0.05, 0.1) is 23.3 Å². The van der Waals surface area contributed by atoms with Crippen LogP contribution in [-0.4, -0.2) is 37.6 Å². The highest BCUT2D eigenvalue weighted by Gasteiger charge is 2.22. The first kappa shape index (κ1) is 28.1. The van der Waals surface area contributed by atoms with Crippen molar-refractivity contribution in [3.05, 3.63) is 71.1 Å². The lowest BCUT2D eigenvalue weighted by Crippen LogP contribution is -2.33. The molecule has 0 spiro atoms. The summed E-state index contributed by atoms with van der Waals surface area (Å²) in [6.07, 6.45) is 6.38. The number of methoxy groups -OCH3 is 1. The first-order chi connectivity index (χ1) is 19.2. The Kier molecular flexibility index (Phi) is 8.11. The molecule has 1 fully saturated rings. The van der Waals surface area contributed by atoms with E-state index in [4.69, 9.17) is 27.1 Å². The number of nitrogens with two attached hydrogens (primary N) is 1. The van der Waals surface area contributed by atoms with Crippen LogP contribution >= 0.6 is 11.6 Å². The molecular formula is C29H31ClFN5O3S. The Hall–Kier alpha value is -3.47. The number of benzene rings is 3. The molecule has 1 aliphatic carbocycles. The predicted octanol–water partition coefficient (Wildman–Crippen LogP) is 6.14. The van der Waals surface area contributed by atoms with E-state index in [9.17, 15) is 8.42 Å². The second-order valence-corrected chi connectivity index (χ2v) is 12.0. The van der Waals surface area contributed by atoms with Crippen LogP contribution in [0.4, 0.5) is 16.0 Å². The number of aryl methyl sites for hydroxylation is 1. The van der Waals surface area contributed by atoms with Crippen LogP contribution in [-0.2, 0) is 16.4 Å². The molecule has 4 aromatic rings. The maximum absolute atomic E-state index is 15.3. The van der Waals surface area contributed by atoms with Gasteiger partial charge in [-0.05, 0) is 73.6 Å². The molecule has 1 saturated carbocycles. The number of hydrogen-bond acceptors (Lipinski definition) is 7. The fourth-order valence-electron chi connectivity index (χ4n) is 5.05. The van der Waals surface area contributed by atoms with Crippen LogP contribution in [0.5, 0.6) is 5.75 Å². The van der Waals surface area contributed by atoms with E-state index in [2.05, 4.69) is 15.0 Å². The Labute approximate surface area is 238 Å². The minimum Gasteiger partial charge on any atom is -0.496 e. The second-order valence-electron chi connectivity index (χ2n) is 9.94. The molecule has 1 aromatic heterocycles. The summed E-state index contributed by atoms with van der Waals surface area (Å²) in [7, 11) is -2.68. The normalized spacial score (nSPS) is 17.5. The topological polar surface area (TPSA) is 119 Å². The highest BCUT2D eigenvalue weighted by atomic mass is 35.5. The molecule has 0 amide bonds. The maximum atomic E-state index is 15.3. The molecule has 3 aromatic carbocycles. The molecule has 0 aliphatic heterocycles. The molecule has 8 nitrogen and oxygen atoms in total. The number of rotatable bonds is 8. The number of fused-ring (bicyclic) bond motifs is 1. The van der Waals surface area contributed by atoms with Crippen LogP contribution in [0.2, 0.25) is 5.02 Å². The zero-order valence-electron chi connectivity index (χ0n) is 22.2. The van der Waals surface area contributed by atoms with Crippen LogP contribution in [0.3, 0.4) is 0 Å². The van der Waals surface area contributed by atoms with Gasteiger partial charge in [-0.1, -0.05) is 30.7 Å². The van der Waals surface area contributed by atoms with Gasteiger partial charge in [-0.15, -0.1) is 0 Å². The molecule has 0 bridgehead atoms. The van der Waals surface area contributed by atoms with Crippen molar-refractivity contribution in [1.82, 2.24) is 9.97 Å². The van der Waals surface area contributed by atoms with Gasteiger partial charge >= 0.3 is 0 Å². The van der Waals surface area contributed by atoms with Crippen LogP contribution in [0.1, 0.15) is 38.2 Å². The molecule has 40 heavy (non-hydrogen) atoms. The number of aromatic nitrogens is 2. The molecule has 1 aliphatic rings. The average molecular weight is 584 g/mol. The zero-order chi connectivity index (χ0) is 28.4. The van der Waals surface area contributed by atoms with Gasteiger partial charge in [0, 0.05) is 35.3 Å². The summed E-state index contributed by atoms with van der Waals surface area (Å²) in [6.45, 7) is 2.03. The number of nitrogens with zero attached hydrogens (tertiary/aromatic N) is 2. The summed E-state index contributed by atoms with van der Waals surface area (Å²) < 4.78 is 49.0. The third-order valence-electron chi connectivity index (χ3n) is 7.22. The van der Waals surface area contributed by atoms with Gasteiger partial charge in [-0.25, -0.2) is 22.8 Å². The Balaban J connectivity index is 1.48. The van der Waals surface area contributed by atoms with Crippen molar-refractivity contribution in [1.29, 1.82) is 0 Å². The number of sulfonamides is 1. The van der Waals surface area contributed by atoms with Gasteiger partial charge in [-0.3, -0.25) is 4.72 Å². The van der Waals surface area contributed by atoms with E-state index in [1.165, 1.54) is 31.4 Å². The second kappa shape index (κ2) is 11.6. The lowest BCUT2D eigenvalue weighted by atomic mass is 9.92. The van der Waals surface area contributed by atoms with Crippen molar-refractivity contribution < 1.29 is 17.5 Å². The molecule has 4 N–H and O–H groups in total. The molecule has 11 heteroatoms. The third kappa shape index (κ3) is 5.84. The Morgan fingerprint density at radius 2 is 1.88 bits per heavy atom. The predicted molar refractivity (Wildman–Crippen MR) is 157 cm³/mol. The van der Waals surface area contributed by atoms with Gasteiger partial charge in [-0.2, -0.15) is 0 Å². The Morgan fingerprint density at radius 1 is 1.12 bits per heavy atom. The van der Waals surface area contributed by atoms with E-state index in [0.29, 0.717) is 35.3 Å².